The minimum absolute atomic E-state index is 0.218. The van der Waals surface area contributed by atoms with Gasteiger partial charge in [0.05, 0.1) is 16.5 Å². The van der Waals surface area contributed by atoms with Gasteiger partial charge in [0.25, 0.3) is 11.1 Å². The van der Waals surface area contributed by atoms with E-state index in [9.17, 15) is 9.59 Å². The quantitative estimate of drug-likeness (QED) is 0.274. The number of rotatable bonds is 6. The fourth-order valence-corrected chi connectivity index (χ4v) is 4.89. The molecule has 0 radical (unpaired) electrons. The molecule has 33 heavy (non-hydrogen) atoms. The number of hydrogen-bond donors (Lipinski definition) is 0. The van der Waals surface area contributed by atoms with Crippen molar-refractivity contribution in [3.05, 3.63) is 102 Å². The molecule has 4 rings (SSSR count). The van der Waals surface area contributed by atoms with E-state index in [-0.39, 0.29) is 24.3 Å². The maximum absolute atomic E-state index is 12.8. The predicted molar refractivity (Wildman–Crippen MR) is 138 cm³/mol. The van der Waals surface area contributed by atoms with Crippen LogP contribution in [0.1, 0.15) is 16.7 Å². The molecule has 2 amide bonds. The highest BCUT2D eigenvalue weighted by atomic mass is 79.9. The van der Waals surface area contributed by atoms with Crippen LogP contribution >= 0.6 is 62.5 Å². The molecule has 0 atom stereocenters. The van der Waals surface area contributed by atoms with Crippen molar-refractivity contribution in [1.82, 2.24) is 4.90 Å². The number of hydrogen-bond acceptors (Lipinski definition) is 4. The fraction of sp³-hybridized carbons (Fsp3) is 0.0833. The number of benzene rings is 3. The summed E-state index contributed by atoms with van der Waals surface area (Å²) in [7, 11) is 0. The summed E-state index contributed by atoms with van der Waals surface area (Å²) >= 11 is 22.8. The van der Waals surface area contributed by atoms with E-state index in [2.05, 4.69) is 15.9 Å². The SMILES string of the molecule is O=C1S/C(=C\c2ccc(OCc3ccc(Cl)cc3Cl)c(Cl)c2)C(=O)N1Cc1ccc(Br)cc1. The Hall–Kier alpha value is -1.96. The van der Waals surface area contributed by atoms with Gasteiger partial charge in [-0.3, -0.25) is 14.5 Å². The van der Waals surface area contributed by atoms with Crippen molar-refractivity contribution in [3.63, 3.8) is 0 Å². The molecule has 0 saturated carbocycles. The number of amides is 2. The van der Waals surface area contributed by atoms with Crippen LogP contribution in [0.2, 0.25) is 15.1 Å². The Morgan fingerprint density at radius 1 is 0.939 bits per heavy atom. The lowest BCUT2D eigenvalue weighted by Gasteiger charge is -2.12. The van der Waals surface area contributed by atoms with E-state index >= 15 is 0 Å². The number of carbonyl (C=O) groups is 2. The molecule has 1 fully saturated rings. The van der Waals surface area contributed by atoms with E-state index in [4.69, 9.17) is 39.5 Å². The first-order valence-corrected chi connectivity index (χ1v) is 12.4. The zero-order chi connectivity index (χ0) is 23.5. The van der Waals surface area contributed by atoms with Crippen LogP contribution in [0.25, 0.3) is 6.08 Å². The summed E-state index contributed by atoms with van der Waals surface area (Å²) in [5.74, 6) is 0.143. The summed E-state index contributed by atoms with van der Waals surface area (Å²) in [6.07, 6.45) is 1.65. The molecule has 0 bridgehead atoms. The number of carbonyl (C=O) groups excluding carboxylic acids is 2. The highest BCUT2D eigenvalue weighted by Crippen LogP contribution is 2.35. The molecule has 9 heteroatoms. The maximum atomic E-state index is 12.8. The van der Waals surface area contributed by atoms with Crippen LogP contribution in [-0.4, -0.2) is 16.0 Å². The van der Waals surface area contributed by atoms with Crippen molar-refractivity contribution in [2.24, 2.45) is 0 Å². The lowest BCUT2D eigenvalue weighted by Crippen LogP contribution is -2.27. The zero-order valence-electron chi connectivity index (χ0n) is 16.9. The molecule has 0 N–H and O–H groups in total. The Labute approximate surface area is 218 Å². The van der Waals surface area contributed by atoms with E-state index in [0.717, 1.165) is 27.4 Å². The molecule has 1 saturated heterocycles. The molecule has 3 aromatic carbocycles. The Morgan fingerprint density at radius 3 is 2.39 bits per heavy atom. The standard InChI is InChI=1S/C24H15BrCl3NO3S/c25-17-5-1-14(2-6-17)12-29-23(30)22(33-24(29)31)10-15-3-8-21(20(28)9-15)32-13-16-4-7-18(26)11-19(16)27/h1-11H,12-13H2/b22-10-. The third-order valence-corrected chi connectivity index (χ3v) is 7.10. The highest BCUT2D eigenvalue weighted by molar-refractivity contribution is 9.10. The van der Waals surface area contributed by atoms with Gasteiger partial charge in [-0.2, -0.15) is 0 Å². The van der Waals surface area contributed by atoms with Crippen LogP contribution in [0, 0.1) is 0 Å². The monoisotopic (exact) mass is 581 g/mol. The van der Waals surface area contributed by atoms with Crippen molar-refractivity contribution in [1.29, 1.82) is 0 Å². The smallest absolute Gasteiger partial charge is 0.293 e. The minimum atomic E-state index is -0.332. The van der Waals surface area contributed by atoms with E-state index in [0.29, 0.717) is 31.3 Å². The second-order valence-electron chi connectivity index (χ2n) is 7.11. The molecule has 1 aliphatic heterocycles. The lowest BCUT2D eigenvalue weighted by molar-refractivity contribution is -0.123. The third-order valence-electron chi connectivity index (χ3n) is 4.78. The van der Waals surface area contributed by atoms with Crippen LogP contribution in [0.15, 0.2) is 70.0 Å². The number of imide groups is 1. The van der Waals surface area contributed by atoms with Gasteiger partial charge in [-0.15, -0.1) is 0 Å². The van der Waals surface area contributed by atoms with Gasteiger partial charge in [0.2, 0.25) is 0 Å². The van der Waals surface area contributed by atoms with Crippen molar-refractivity contribution in [2.75, 3.05) is 0 Å². The molecule has 0 unspecified atom stereocenters. The first kappa shape index (κ1) is 24.2. The summed E-state index contributed by atoms with van der Waals surface area (Å²) in [6, 6.07) is 17.8. The Kier molecular flexibility index (Phi) is 7.72. The van der Waals surface area contributed by atoms with Crippen LogP contribution in [0.3, 0.4) is 0 Å². The van der Waals surface area contributed by atoms with Gasteiger partial charge in [0.15, 0.2) is 0 Å². The lowest BCUT2D eigenvalue weighted by atomic mass is 10.2. The zero-order valence-corrected chi connectivity index (χ0v) is 21.5. The summed E-state index contributed by atoms with van der Waals surface area (Å²) in [4.78, 5) is 26.8. The van der Waals surface area contributed by atoms with Crippen LogP contribution < -0.4 is 4.74 Å². The van der Waals surface area contributed by atoms with Crippen molar-refractivity contribution in [2.45, 2.75) is 13.2 Å². The normalized spacial score (nSPS) is 14.9. The molecule has 3 aromatic rings. The van der Waals surface area contributed by atoms with Crippen LogP contribution in [-0.2, 0) is 17.9 Å². The third kappa shape index (κ3) is 5.94. The summed E-state index contributed by atoms with van der Waals surface area (Å²) in [6.45, 7) is 0.445. The number of halogens is 4. The van der Waals surface area contributed by atoms with Gasteiger partial charge in [0.1, 0.15) is 12.4 Å². The van der Waals surface area contributed by atoms with Gasteiger partial charge in [-0.05, 0) is 65.4 Å². The Morgan fingerprint density at radius 2 is 1.70 bits per heavy atom. The first-order chi connectivity index (χ1) is 15.8. The largest absolute Gasteiger partial charge is 0.487 e. The average molecular weight is 584 g/mol. The molecule has 1 aliphatic rings. The topological polar surface area (TPSA) is 46.6 Å². The molecule has 0 aromatic heterocycles. The number of nitrogens with zero attached hydrogens (tertiary/aromatic N) is 1. The summed E-state index contributed by atoms with van der Waals surface area (Å²) in [5, 5.41) is 1.13. The van der Waals surface area contributed by atoms with Crippen LogP contribution in [0.4, 0.5) is 4.79 Å². The number of ether oxygens (including phenoxy) is 1. The van der Waals surface area contributed by atoms with Gasteiger partial charge in [-0.1, -0.05) is 75.0 Å². The summed E-state index contributed by atoms with van der Waals surface area (Å²) in [5.41, 5.74) is 2.33. The Bertz CT molecular complexity index is 1260. The van der Waals surface area contributed by atoms with Crippen molar-refractivity contribution >= 4 is 79.7 Å². The maximum Gasteiger partial charge on any atom is 0.293 e. The number of thioether (sulfide) groups is 1. The van der Waals surface area contributed by atoms with Gasteiger partial charge >= 0.3 is 0 Å². The predicted octanol–water partition coefficient (Wildman–Crippen LogP) is 8.22. The van der Waals surface area contributed by atoms with Crippen molar-refractivity contribution < 1.29 is 14.3 Å². The molecular formula is C24H15BrCl3NO3S. The van der Waals surface area contributed by atoms with Gasteiger partial charge in [0, 0.05) is 20.1 Å². The summed E-state index contributed by atoms with van der Waals surface area (Å²) < 4.78 is 6.71. The fourth-order valence-electron chi connectivity index (χ4n) is 3.08. The molecule has 1 heterocycles. The van der Waals surface area contributed by atoms with Gasteiger partial charge in [-0.25, -0.2) is 0 Å². The van der Waals surface area contributed by atoms with E-state index < -0.39 is 0 Å². The second kappa shape index (κ2) is 10.5. The molecule has 168 valence electrons. The average Bonchev–Trinajstić information content (AvgIpc) is 3.03. The molecule has 0 spiro atoms. The molecule has 4 nitrogen and oxygen atoms in total. The van der Waals surface area contributed by atoms with E-state index in [1.807, 2.05) is 24.3 Å². The van der Waals surface area contributed by atoms with Gasteiger partial charge < -0.3 is 4.74 Å². The van der Waals surface area contributed by atoms with Crippen LogP contribution in [0.5, 0.6) is 5.75 Å². The van der Waals surface area contributed by atoms with E-state index in [1.54, 1.807) is 42.5 Å². The Balaban J connectivity index is 1.45. The molecular weight excluding hydrogens is 569 g/mol. The van der Waals surface area contributed by atoms with Crippen molar-refractivity contribution in [3.8, 4) is 5.75 Å². The highest BCUT2D eigenvalue weighted by Gasteiger charge is 2.35. The molecule has 0 aliphatic carbocycles. The first-order valence-electron chi connectivity index (χ1n) is 9.66. The minimum Gasteiger partial charge on any atom is -0.487 e. The second-order valence-corrected chi connectivity index (χ2v) is 10.3. The van der Waals surface area contributed by atoms with E-state index in [1.165, 1.54) is 4.90 Å².